The van der Waals surface area contributed by atoms with E-state index in [1.807, 2.05) is 0 Å². The summed E-state index contributed by atoms with van der Waals surface area (Å²) in [6.45, 7) is 6.41. The number of hydrogen-bond donors (Lipinski definition) is 1. The molecular formula is C13H24N2. The van der Waals surface area contributed by atoms with Crippen LogP contribution in [0.1, 0.15) is 39.0 Å². The van der Waals surface area contributed by atoms with E-state index in [2.05, 4.69) is 17.1 Å². The van der Waals surface area contributed by atoms with Gasteiger partial charge in [0.1, 0.15) is 0 Å². The van der Waals surface area contributed by atoms with Crippen molar-refractivity contribution in [3.63, 3.8) is 0 Å². The first kappa shape index (κ1) is 10.1. The van der Waals surface area contributed by atoms with Gasteiger partial charge in [-0.2, -0.15) is 0 Å². The van der Waals surface area contributed by atoms with Gasteiger partial charge < -0.3 is 10.2 Å². The molecule has 1 heterocycles. The number of nitrogens with one attached hydrogen (secondary N) is 1. The molecule has 15 heavy (non-hydrogen) atoms. The van der Waals surface area contributed by atoms with Crippen LogP contribution in [-0.4, -0.2) is 36.6 Å². The van der Waals surface area contributed by atoms with Gasteiger partial charge in [0.25, 0.3) is 0 Å². The zero-order chi connectivity index (χ0) is 10.3. The molecule has 3 aliphatic rings. The van der Waals surface area contributed by atoms with E-state index in [-0.39, 0.29) is 0 Å². The van der Waals surface area contributed by atoms with Crippen LogP contribution in [0.3, 0.4) is 0 Å². The van der Waals surface area contributed by atoms with E-state index >= 15 is 0 Å². The van der Waals surface area contributed by atoms with Gasteiger partial charge in [0, 0.05) is 18.6 Å². The molecule has 3 fully saturated rings. The van der Waals surface area contributed by atoms with Crippen LogP contribution in [0, 0.1) is 11.8 Å². The quantitative estimate of drug-likeness (QED) is 0.758. The van der Waals surface area contributed by atoms with Crippen molar-refractivity contribution in [3.8, 4) is 0 Å². The lowest BCUT2D eigenvalue weighted by atomic mass is 9.81. The molecule has 2 heteroatoms. The summed E-state index contributed by atoms with van der Waals surface area (Å²) in [6.07, 6.45) is 7.21. The summed E-state index contributed by atoms with van der Waals surface area (Å²) in [5, 5.41) is 3.68. The summed E-state index contributed by atoms with van der Waals surface area (Å²) in [5.74, 6) is 1.94. The summed E-state index contributed by atoms with van der Waals surface area (Å²) in [6, 6.07) is 1.84. The molecule has 1 saturated heterocycles. The van der Waals surface area contributed by atoms with Gasteiger partial charge in [0.15, 0.2) is 0 Å². The van der Waals surface area contributed by atoms with E-state index < -0.39 is 0 Å². The van der Waals surface area contributed by atoms with E-state index in [0.29, 0.717) is 0 Å². The minimum atomic E-state index is 0.891. The smallest absolute Gasteiger partial charge is 0.0100 e. The van der Waals surface area contributed by atoms with Gasteiger partial charge in [-0.05, 0) is 57.0 Å². The van der Waals surface area contributed by atoms with Gasteiger partial charge in [0.2, 0.25) is 0 Å². The van der Waals surface area contributed by atoms with Crippen LogP contribution >= 0.6 is 0 Å². The molecule has 1 atom stereocenters. The maximum absolute atomic E-state index is 3.68. The SMILES string of the molecule is CC1CC(N2CCC(CNC3CC3)C2)C1. The van der Waals surface area contributed by atoms with Crippen LogP contribution in [-0.2, 0) is 0 Å². The Bertz CT molecular complexity index is 219. The van der Waals surface area contributed by atoms with Crippen LogP contribution in [0.4, 0.5) is 0 Å². The highest BCUT2D eigenvalue weighted by atomic mass is 15.2. The standard InChI is InChI=1S/C13H24N2/c1-10-6-13(7-10)15-5-4-11(9-15)8-14-12-2-3-12/h10-14H,2-9H2,1H3. The second-order valence-electron chi connectivity index (χ2n) is 6.06. The van der Waals surface area contributed by atoms with E-state index in [9.17, 15) is 0 Å². The minimum Gasteiger partial charge on any atom is -0.314 e. The number of nitrogens with zero attached hydrogens (tertiary/aromatic N) is 1. The molecule has 86 valence electrons. The topological polar surface area (TPSA) is 15.3 Å². The van der Waals surface area contributed by atoms with Gasteiger partial charge in [-0.1, -0.05) is 6.92 Å². The van der Waals surface area contributed by atoms with Crippen LogP contribution in [0.5, 0.6) is 0 Å². The highest BCUT2D eigenvalue weighted by Crippen LogP contribution is 2.34. The molecule has 0 amide bonds. The van der Waals surface area contributed by atoms with Gasteiger partial charge in [0.05, 0.1) is 0 Å². The molecule has 0 aromatic carbocycles. The predicted molar refractivity (Wildman–Crippen MR) is 62.9 cm³/mol. The van der Waals surface area contributed by atoms with Crippen LogP contribution < -0.4 is 5.32 Å². The largest absolute Gasteiger partial charge is 0.314 e. The summed E-state index contributed by atoms with van der Waals surface area (Å²) in [4.78, 5) is 2.75. The molecule has 2 nitrogen and oxygen atoms in total. The third kappa shape index (κ3) is 2.36. The maximum atomic E-state index is 3.68. The summed E-state index contributed by atoms with van der Waals surface area (Å²) in [7, 11) is 0. The van der Waals surface area contributed by atoms with Crippen molar-refractivity contribution >= 4 is 0 Å². The highest BCUT2D eigenvalue weighted by Gasteiger charge is 2.35. The van der Waals surface area contributed by atoms with E-state index in [0.717, 1.165) is 23.9 Å². The van der Waals surface area contributed by atoms with Crippen molar-refractivity contribution < 1.29 is 0 Å². The Morgan fingerprint density at radius 1 is 1.20 bits per heavy atom. The van der Waals surface area contributed by atoms with Gasteiger partial charge in [-0.3, -0.25) is 0 Å². The molecule has 1 aliphatic heterocycles. The average Bonchev–Trinajstić information content (AvgIpc) is 2.90. The zero-order valence-electron chi connectivity index (χ0n) is 9.91. The van der Waals surface area contributed by atoms with E-state index in [4.69, 9.17) is 0 Å². The molecule has 1 N–H and O–H groups in total. The van der Waals surface area contributed by atoms with Crippen molar-refractivity contribution in [1.82, 2.24) is 10.2 Å². The lowest BCUT2D eigenvalue weighted by molar-refractivity contribution is 0.106. The Kier molecular flexibility index (Phi) is 2.73. The first-order valence-electron chi connectivity index (χ1n) is 6.78. The molecule has 3 rings (SSSR count). The molecular weight excluding hydrogens is 184 g/mol. The monoisotopic (exact) mass is 208 g/mol. The third-order valence-electron chi connectivity index (χ3n) is 4.46. The van der Waals surface area contributed by atoms with Gasteiger partial charge in [-0.25, -0.2) is 0 Å². The Morgan fingerprint density at radius 3 is 2.67 bits per heavy atom. The molecule has 0 aromatic heterocycles. The van der Waals surface area contributed by atoms with Crippen molar-refractivity contribution in [2.75, 3.05) is 19.6 Å². The number of likely N-dealkylation sites (tertiary alicyclic amines) is 1. The zero-order valence-corrected chi connectivity index (χ0v) is 9.91. The molecule has 0 bridgehead atoms. The minimum absolute atomic E-state index is 0.891. The fraction of sp³-hybridized carbons (Fsp3) is 1.00. The second-order valence-corrected chi connectivity index (χ2v) is 6.06. The van der Waals surface area contributed by atoms with Gasteiger partial charge >= 0.3 is 0 Å². The van der Waals surface area contributed by atoms with Gasteiger partial charge in [-0.15, -0.1) is 0 Å². The van der Waals surface area contributed by atoms with Crippen molar-refractivity contribution in [2.45, 2.75) is 51.1 Å². The van der Waals surface area contributed by atoms with Crippen molar-refractivity contribution in [2.24, 2.45) is 11.8 Å². The average molecular weight is 208 g/mol. The normalized spacial score (nSPS) is 41.8. The Morgan fingerprint density at radius 2 is 2.00 bits per heavy atom. The van der Waals surface area contributed by atoms with Crippen LogP contribution in [0.25, 0.3) is 0 Å². The molecule has 1 unspecified atom stereocenters. The van der Waals surface area contributed by atoms with Crippen LogP contribution in [0.15, 0.2) is 0 Å². The number of hydrogen-bond acceptors (Lipinski definition) is 2. The summed E-state index contributed by atoms with van der Waals surface area (Å²) in [5.41, 5.74) is 0. The highest BCUT2D eigenvalue weighted by molar-refractivity contribution is 4.90. The first-order valence-corrected chi connectivity index (χ1v) is 6.78. The Labute approximate surface area is 93.4 Å². The maximum Gasteiger partial charge on any atom is 0.0100 e. The number of rotatable bonds is 4. The Hall–Kier alpha value is -0.0800. The summed E-state index contributed by atoms with van der Waals surface area (Å²) < 4.78 is 0. The predicted octanol–water partition coefficient (Wildman–Crippen LogP) is 1.86. The molecule has 0 spiro atoms. The van der Waals surface area contributed by atoms with Crippen molar-refractivity contribution in [1.29, 1.82) is 0 Å². The third-order valence-corrected chi connectivity index (χ3v) is 4.46. The molecule has 0 radical (unpaired) electrons. The van der Waals surface area contributed by atoms with Crippen molar-refractivity contribution in [3.05, 3.63) is 0 Å². The lowest BCUT2D eigenvalue weighted by Gasteiger charge is -2.39. The molecule has 2 aliphatic carbocycles. The lowest BCUT2D eigenvalue weighted by Crippen LogP contribution is -2.43. The fourth-order valence-corrected chi connectivity index (χ4v) is 3.14. The second kappa shape index (κ2) is 4.06. The van der Waals surface area contributed by atoms with E-state index in [1.54, 1.807) is 0 Å². The Balaban J connectivity index is 1.38. The molecule has 2 saturated carbocycles. The fourth-order valence-electron chi connectivity index (χ4n) is 3.14. The first-order chi connectivity index (χ1) is 7.31. The summed E-state index contributed by atoms with van der Waals surface area (Å²) >= 11 is 0. The van der Waals surface area contributed by atoms with Crippen LogP contribution in [0.2, 0.25) is 0 Å². The van der Waals surface area contributed by atoms with E-state index in [1.165, 1.54) is 51.7 Å². The molecule has 0 aromatic rings.